The number of benzene rings is 1. The summed E-state index contributed by atoms with van der Waals surface area (Å²) in [5, 5.41) is 1.21. The largest absolute Gasteiger partial charge is 0.494 e. The highest BCUT2D eigenvalue weighted by Gasteiger charge is 2.24. The molecule has 0 atom stereocenters. The van der Waals surface area contributed by atoms with E-state index in [1.165, 1.54) is 29.5 Å². The molecule has 2 heterocycles. The molecule has 118 valence electrons. The van der Waals surface area contributed by atoms with Crippen LogP contribution in [-0.2, 0) is 6.54 Å². The van der Waals surface area contributed by atoms with Gasteiger partial charge in [0.05, 0.1) is 19.5 Å². The number of para-hydroxylation sites is 1. The van der Waals surface area contributed by atoms with Gasteiger partial charge in [0.15, 0.2) is 0 Å². The summed E-state index contributed by atoms with van der Waals surface area (Å²) >= 11 is 0. The first kappa shape index (κ1) is 15.1. The van der Waals surface area contributed by atoms with Crippen LogP contribution in [0.4, 0.5) is 5.69 Å². The van der Waals surface area contributed by atoms with Gasteiger partial charge in [-0.1, -0.05) is 32.4 Å². The van der Waals surface area contributed by atoms with E-state index in [1.807, 2.05) is 12.3 Å². The first-order chi connectivity index (χ1) is 10.8. The molecular weight excluding hydrogens is 274 g/mol. The van der Waals surface area contributed by atoms with Crippen LogP contribution in [-0.4, -0.2) is 36.8 Å². The Balaban J connectivity index is 2.12. The van der Waals surface area contributed by atoms with Crippen molar-refractivity contribution in [3.63, 3.8) is 0 Å². The van der Waals surface area contributed by atoms with Crippen LogP contribution >= 0.6 is 0 Å². The molecule has 4 nitrogen and oxygen atoms in total. The number of hydrogen-bond donors (Lipinski definition) is 0. The maximum Gasteiger partial charge on any atom is 0.145 e. The number of pyridine rings is 1. The van der Waals surface area contributed by atoms with Gasteiger partial charge in [-0.3, -0.25) is 9.88 Å². The van der Waals surface area contributed by atoms with E-state index >= 15 is 0 Å². The van der Waals surface area contributed by atoms with Gasteiger partial charge in [-0.2, -0.15) is 0 Å². The van der Waals surface area contributed by atoms with Crippen molar-refractivity contribution in [1.29, 1.82) is 0 Å². The molecule has 1 aliphatic heterocycles. The molecule has 0 fully saturated rings. The number of hydrogen-bond acceptors (Lipinski definition) is 4. The normalized spacial score (nSPS) is 15.1. The molecule has 3 rings (SSSR count). The Morgan fingerprint density at radius 1 is 1.27 bits per heavy atom. The van der Waals surface area contributed by atoms with E-state index in [-0.39, 0.29) is 0 Å². The van der Waals surface area contributed by atoms with E-state index in [9.17, 15) is 0 Å². The molecular formula is C18H25N3O. The third-order valence-electron chi connectivity index (χ3n) is 4.44. The fourth-order valence-corrected chi connectivity index (χ4v) is 3.22. The summed E-state index contributed by atoms with van der Waals surface area (Å²) in [6, 6.07) is 6.22. The molecule has 22 heavy (non-hydrogen) atoms. The molecule has 4 heteroatoms. The highest BCUT2D eigenvalue weighted by atomic mass is 16.5. The first-order valence-corrected chi connectivity index (χ1v) is 8.20. The number of aromatic nitrogens is 1. The number of anilines is 1. The average Bonchev–Trinajstić information content (AvgIpc) is 2.58. The molecule has 0 amide bonds. The van der Waals surface area contributed by atoms with Crippen molar-refractivity contribution < 1.29 is 4.74 Å². The molecule has 0 spiro atoms. The molecule has 0 N–H and O–H groups in total. The molecule has 0 saturated carbocycles. The highest BCUT2D eigenvalue weighted by molar-refractivity contribution is 5.96. The summed E-state index contributed by atoms with van der Waals surface area (Å²) in [6.45, 7) is 8.61. The summed E-state index contributed by atoms with van der Waals surface area (Å²) in [5.74, 6) is 0.855. The molecule has 0 aliphatic carbocycles. The fraction of sp³-hybridized carbons (Fsp3) is 0.500. The maximum absolute atomic E-state index is 5.49. The van der Waals surface area contributed by atoms with Crippen LogP contribution in [0.3, 0.4) is 0 Å². The van der Waals surface area contributed by atoms with E-state index in [0.717, 1.165) is 37.6 Å². The second-order valence-electron chi connectivity index (χ2n) is 5.89. The summed E-state index contributed by atoms with van der Waals surface area (Å²) in [7, 11) is 1.71. The third kappa shape index (κ3) is 2.63. The van der Waals surface area contributed by atoms with Crippen LogP contribution in [0.5, 0.6) is 5.75 Å². The molecule has 0 bridgehead atoms. The smallest absolute Gasteiger partial charge is 0.145 e. The lowest BCUT2D eigenvalue weighted by molar-refractivity contribution is 0.265. The van der Waals surface area contributed by atoms with Crippen LogP contribution in [0, 0.1) is 0 Å². The third-order valence-corrected chi connectivity index (χ3v) is 4.44. The van der Waals surface area contributed by atoms with Crippen molar-refractivity contribution >= 4 is 16.6 Å². The quantitative estimate of drug-likeness (QED) is 0.842. The van der Waals surface area contributed by atoms with Crippen molar-refractivity contribution in [2.75, 3.05) is 31.8 Å². The fourth-order valence-electron chi connectivity index (χ4n) is 3.22. The number of methoxy groups -OCH3 is 1. The highest BCUT2D eigenvalue weighted by Crippen LogP contribution is 2.36. The molecule has 0 radical (unpaired) electrons. The Kier molecular flexibility index (Phi) is 4.48. The Hall–Kier alpha value is -1.81. The number of nitrogens with zero attached hydrogens (tertiary/aromatic N) is 3. The van der Waals surface area contributed by atoms with E-state index < -0.39 is 0 Å². The van der Waals surface area contributed by atoms with Crippen LogP contribution in [0.25, 0.3) is 10.9 Å². The van der Waals surface area contributed by atoms with Crippen molar-refractivity contribution in [1.82, 2.24) is 9.88 Å². The molecule has 0 saturated heterocycles. The van der Waals surface area contributed by atoms with Crippen LogP contribution in [0.1, 0.15) is 32.3 Å². The van der Waals surface area contributed by atoms with Crippen LogP contribution in [0.15, 0.2) is 24.4 Å². The topological polar surface area (TPSA) is 28.6 Å². The van der Waals surface area contributed by atoms with Crippen LogP contribution < -0.4 is 9.64 Å². The van der Waals surface area contributed by atoms with Gasteiger partial charge in [0.2, 0.25) is 0 Å². The lowest BCUT2D eigenvalue weighted by Crippen LogP contribution is -2.42. The number of fused-ring (bicyclic) bond motifs is 3. The minimum atomic E-state index is 0.855. The standard InChI is InChI=1S/C18H25N3O/c1-4-6-10-21-13-20(5-2)12-14-11-19-17-15(18(14)21)8-7-9-16(17)22-3/h7-9,11H,4-6,10,12-13H2,1-3H3. The zero-order chi connectivity index (χ0) is 15.5. The zero-order valence-corrected chi connectivity index (χ0v) is 13.8. The molecule has 1 aromatic carbocycles. The van der Waals surface area contributed by atoms with Gasteiger partial charge in [0.1, 0.15) is 11.3 Å². The molecule has 1 aromatic heterocycles. The van der Waals surface area contributed by atoms with Gasteiger partial charge in [-0.05, 0) is 19.0 Å². The Labute approximate surface area is 132 Å². The zero-order valence-electron chi connectivity index (χ0n) is 13.8. The molecule has 0 unspecified atom stereocenters. The van der Waals surface area contributed by atoms with Gasteiger partial charge in [-0.15, -0.1) is 0 Å². The molecule has 2 aromatic rings. The maximum atomic E-state index is 5.49. The van der Waals surface area contributed by atoms with E-state index in [2.05, 4.69) is 40.8 Å². The number of unbranched alkanes of at least 4 members (excludes halogenated alkanes) is 1. The summed E-state index contributed by atoms with van der Waals surface area (Å²) in [5.41, 5.74) is 3.64. The minimum absolute atomic E-state index is 0.855. The van der Waals surface area contributed by atoms with Crippen molar-refractivity contribution in [3.05, 3.63) is 30.0 Å². The van der Waals surface area contributed by atoms with Crippen LogP contribution in [0.2, 0.25) is 0 Å². The first-order valence-electron chi connectivity index (χ1n) is 8.20. The van der Waals surface area contributed by atoms with Gasteiger partial charge in [0.25, 0.3) is 0 Å². The summed E-state index contributed by atoms with van der Waals surface area (Å²) in [6.07, 6.45) is 4.45. The van der Waals surface area contributed by atoms with Gasteiger partial charge in [-0.25, -0.2) is 0 Å². The lowest BCUT2D eigenvalue weighted by atomic mass is 10.0. The number of rotatable bonds is 5. The van der Waals surface area contributed by atoms with Crippen molar-refractivity contribution in [2.45, 2.75) is 33.2 Å². The second kappa shape index (κ2) is 6.53. The summed E-state index contributed by atoms with van der Waals surface area (Å²) < 4.78 is 5.49. The van der Waals surface area contributed by atoms with Gasteiger partial charge >= 0.3 is 0 Å². The predicted molar refractivity (Wildman–Crippen MR) is 91.5 cm³/mol. The molecule has 1 aliphatic rings. The second-order valence-corrected chi connectivity index (χ2v) is 5.89. The van der Waals surface area contributed by atoms with Crippen molar-refractivity contribution in [2.24, 2.45) is 0 Å². The van der Waals surface area contributed by atoms with Gasteiger partial charge < -0.3 is 9.64 Å². The summed E-state index contributed by atoms with van der Waals surface area (Å²) in [4.78, 5) is 9.64. The Morgan fingerprint density at radius 3 is 2.86 bits per heavy atom. The van der Waals surface area contributed by atoms with Crippen molar-refractivity contribution in [3.8, 4) is 5.75 Å². The minimum Gasteiger partial charge on any atom is -0.494 e. The predicted octanol–water partition coefficient (Wildman–Crippen LogP) is 3.64. The Bertz CT molecular complexity index is 656. The SMILES string of the molecule is CCCCN1CN(CC)Cc2cnc3c(OC)cccc3c21. The number of ether oxygens (including phenoxy) is 1. The average molecular weight is 299 g/mol. The monoisotopic (exact) mass is 299 g/mol. The van der Waals surface area contributed by atoms with E-state index in [1.54, 1.807) is 7.11 Å². The van der Waals surface area contributed by atoms with E-state index in [4.69, 9.17) is 4.74 Å². The van der Waals surface area contributed by atoms with Gasteiger partial charge in [0, 0.05) is 30.2 Å². The Morgan fingerprint density at radius 2 is 2.14 bits per heavy atom. The van der Waals surface area contributed by atoms with E-state index in [0.29, 0.717) is 0 Å². The lowest BCUT2D eigenvalue weighted by Gasteiger charge is -2.38.